The first-order valence-corrected chi connectivity index (χ1v) is 10.2. The number of hydrogen-bond acceptors (Lipinski definition) is 2. The van der Waals surface area contributed by atoms with Crippen molar-refractivity contribution in [3.05, 3.63) is 35.6 Å². The highest BCUT2D eigenvalue weighted by Crippen LogP contribution is 2.32. The monoisotopic (exact) mass is 373 g/mol. The molecule has 146 valence electrons. The molecular formula is C21H28FN3O2. The number of hydrogen-bond donors (Lipinski definition) is 1. The zero-order chi connectivity index (χ0) is 18.8. The minimum absolute atomic E-state index is 0.00753. The van der Waals surface area contributed by atoms with E-state index in [9.17, 15) is 14.0 Å². The highest BCUT2D eigenvalue weighted by atomic mass is 19.1. The van der Waals surface area contributed by atoms with E-state index < -0.39 is 0 Å². The van der Waals surface area contributed by atoms with Gasteiger partial charge in [-0.15, -0.1) is 0 Å². The van der Waals surface area contributed by atoms with Gasteiger partial charge < -0.3 is 15.1 Å². The molecule has 0 unspecified atom stereocenters. The van der Waals surface area contributed by atoms with Crippen molar-refractivity contribution in [3.63, 3.8) is 0 Å². The second kappa shape index (κ2) is 7.87. The van der Waals surface area contributed by atoms with Crippen molar-refractivity contribution >= 4 is 11.9 Å². The lowest BCUT2D eigenvalue weighted by Gasteiger charge is -2.30. The Morgan fingerprint density at radius 1 is 1.15 bits per heavy atom. The number of likely N-dealkylation sites (tertiary alicyclic amines) is 2. The molecule has 3 aliphatic rings. The number of amides is 3. The summed E-state index contributed by atoms with van der Waals surface area (Å²) in [6.45, 7) is 1.69. The third kappa shape index (κ3) is 4.09. The van der Waals surface area contributed by atoms with Crippen LogP contribution < -0.4 is 5.32 Å². The molecule has 3 amide bonds. The number of carbonyl (C=O) groups is 2. The zero-order valence-corrected chi connectivity index (χ0v) is 15.7. The Morgan fingerprint density at radius 3 is 2.74 bits per heavy atom. The van der Waals surface area contributed by atoms with E-state index in [4.69, 9.17) is 0 Å². The number of nitrogens with zero attached hydrogens (tertiary/aromatic N) is 2. The molecule has 1 aliphatic carbocycles. The minimum Gasteiger partial charge on any atom is -0.335 e. The molecule has 5 nitrogen and oxygen atoms in total. The summed E-state index contributed by atoms with van der Waals surface area (Å²) < 4.78 is 13.6. The molecule has 2 atom stereocenters. The first-order chi connectivity index (χ1) is 13.1. The van der Waals surface area contributed by atoms with Crippen molar-refractivity contribution in [2.75, 3.05) is 13.1 Å². The molecule has 6 heteroatoms. The molecule has 0 spiro atoms. The van der Waals surface area contributed by atoms with Crippen molar-refractivity contribution in [1.82, 2.24) is 15.1 Å². The third-order valence-corrected chi connectivity index (χ3v) is 6.30. The Labute approximate surface area is 159 Å². The molecule has 1 saturated carbocycles. The number of urea groups is 1. The number of halogens is 1. The predicted octanol–water partition coefficient (Wildman–Crippen LogP) is 3.29. The molecule has 0 bridgehead atoms. The minimum atomic E-state index is -0.282. The number of fused-ring (bicyclic) bond motifs is 1. The van der Waals surface area contributed by atoms with Gasteiger partial charge in [0.15, 0.2) is 0 Å². The summed E-state index contributed by atoms with van der Waals surface area (Å²) in [6, 6.07) is 6.78. The molecule has 27 heavy (non-hydrogen) atoms. The predicted molar refractivity (Wildman–Crippen MR) is 100 cm³/mol. The smallest absolute Gasteiger partial charge is 0.317 e. The Kier molecular flexibility index (Phi) is 5.32. The number of rotatable bonds is 3. The molecule has 0 aromatic heterocycles. The van der Waals surface area contributed by atoms with E-state index in [0.717, 1.165) is 31.2 Å². The first kappa shape index (κ1) is 18.3. The van der Waals surface area contributed by atoms with Gasteiger partial charge in [-0.05, 0) is 49.3 Å². The van der Waals surface area contributed by atoms with Crippen molar-refractivity contribution in [2.45, 2.75) is 63.6 Å². The fourth-order valence-electron chi connectivity index (χ4n) is 4.87. The summed E-state index contributed by atoms with van der Waals surface area (Å²) in [5.41, 5.74) is 0.804. The second-order valence-electron chi connectivity index (χ2n) is 8.21. The van der Waals surface area contributed by atoms with Gasteiger partial charge in [-0.1, -0.05) is 25.0 Å². The van der Waals surface area contributed by atoms with Crippen LogP contribution in [-0.4, -0.2) is 46.9 Å². The molecule has 4 rings (SSSR count). The Balaban J connectivity index is 1.46. The molecule has 1 aromatic carbocycles. The Bertz CT molecular complexity index is 704. The van der Waals surface area contributed by atoms with Crippen LogP contribution >= 0.6 is 0 Å². The van der Waals surface area contributed by atoms with Crippen LogP contribution in [0.1, 0.15) is 50.5 Å². The van der Waals surface area contributed by atoms with Crippen LogP contribution in [0.4, 0.5) is 9.18 Å². The second-order valence-corrected chi connectivity index (χ2v) is 8.21. The van der Waals surface area contributed by atoms with E-state index in [2.05, 4.69) is 5.32 Å². The highest BCUT2D eigenvalue weighted by Gasteiger charge is 2.42. The van der Waals surface area contributed by atoms with Gasteiger partial charge in [-0.2, -0.15) is 0 Å². The lowest BCUT2D eigenvalue weighted by atomic mass is 9.98. The summed E-state index contributed by atoms with van der Waals surface area (Å²) in [5, 5.41) is 3.16. The molecule has 2 heterocycles. The Hall–Kier alpha value is -2.11. The maximum absolute atomic E-state index is 13.6. The van der Waals surface area contributed by atoms with Crippen LogP contribution in [0.3, 0.4) is 0 Å². The maximum atomic E-state index is 13.6. The van der Waals surface area contributed by atoms with Crippen molar-refractivity contribution < 1.29 is 14.0 Å². The van der Waals surface area contributed by atoms with Crippen molar-refractivity contribution in [2.24, 2.45) is 5.92 Å². The van der Waals surface area contributed by atoms with Crippen LogP contribution in [0.25, 0.3) is 0 Å². The van der Waals surface area contributed by atoms with Gasteiger partial charge in [-0.25, -0.2) is 9.18 Å². The largest absolute Gasteiger partial charge is 0.335 e. The van der Waals surface area contributed by atoms with E-state index in [-0.39, 0.29) is 23.8 Å². The lowest BCUT2D eigenvalue weighted by Crippen LogP contribution is -2.46. The normalized spacial score (nSPS) is 26.2. The topological polar surface area (TPSA) is 52.7 Å². The SMILES string of the molecule is O=C(NC1CCCC1)N1C[C@H]2CCCC(=O)N(Cc3cccc(F)c3)[C@H]2C1. The van der Waals surface area contributed by atoms with Crippen LogP contribution in [0.2, 0.25) is 0 Å². The number of benzene rings is 1. The number of nitrogens with one attached hydrogen (secondary N) is 1. The highest BCUT2D eigenvalue weighted by molar-refractivity contribution is 5.78. The molecular weight excluding hydrogens is 345 g/mol. The van der Waals surface area contributed by atoms with Crippen LogP contribution in [0.5, 0.6) is 0 Å². The van der Waals surface area contributed by atoms with Gasteiger partial charge >= 0.3 is 6.03 Å². The van der Waals surface area contributed by atoms with Crippen molar-refractivity contribution in [1.29, 1.82) is 0 Å². The molecule has 0 radical (unpaired) electrons. The van der Waals surface area contributed by atoms with Crippen LogP contribution in [-0.2, 0) is 11.3 Å². The fourth-order valence-corrected chi connectivity index (χ4v) is 4.87. The van der Waals surface area contributed by atoms with E-state index in [1.165, 1.54) is 25.0 Å². The summed E-state index contributed by atoms with van der Waals surface area (Å²) >= 11 is 0. The molecule has 1 N–H and O–H groups in total. The van der Waals surface area contributed by atoms with Crippen LogP contribution in [0.15, 0.2) is 24.3 Å². The third-order valence-electron chi connectivity index (χ3n) is 6.30. The first-order valence-electron chi connectivity index (χ1n) is 10.2. The van der Waals surface area contributed by atoms with Gasteiger partial charge in [0.25, 0.3) is 0 Å². The maximum Gasteiger partial charge on any atom is 0.317 e. The van der Waals surface area contributed by atoms with E-state index >= 15 is 0 Å². The standard InChI is InChI=1S/C21H28FN3O2/c22-17-7-3-5-15(11-17)12-25-19-14-24(13-16(19)6-4-10-20(25)26)21(27)23-18-8-1-2-9-18/h3,5,7,11,16,18-19H,1-2,4,6,8-10,12-14H2,(H,23,27)/t16-,19+/m1/s1. The van der Waals surface area contributed by atoms with Gasteiger partial charge in [0, 0.05) is 32.1 Å². The molecule has 2 saturated heterocycles. The van der Waals surface area contributed by atoms with Crippen molar-refractivity contribution in [3.8, 4) is 0 Å². The van der Waals surface area contributed by atoms with Crippen LogP contribution in [0, 0.1) is 11.7 Å². The summed E-state index contributed by atoms with van der Waals surface area (Å²) in [5.74, 6) is 0.138. The molecule has 3 fully saturated rings. The summed E-state index contributed by atoms with van der Waals surface area (Å²) in [7, 11) is 0. The van der Waals surface area contributed by atoms with Gasteiger partial charge in [0.05, 0.1) is 6.04 Å². The van der Waals surface area contributed by atoms with Gasteiger partial charge in [0.2, 0.25) is 5.91 Å². The Morgan fingerprint density at radius 2 is 1.96 bits per heavy atom. The summed E-state index contributed by atoms with van der Waals surface area (Å²) in [6.07, 6.45) is 6.86. The van der Waals surface area contributed by atoms with Gasteiger partial charge in [0.1, 0.15) is 5.82 Å². The quantitative estimate of drug-likeness (QED) is 0.884. The lowest BCUT2D eigenvalue weighted by molar-refractivity contribution is -0.133. The average molecular weight is 373 g/mol. The van der Waals surface area contributed by atoms with E-state index in [1.54, 1.807) is 6.07 Å². The number of carbonyl (C=O) groups excluding carboxylic acids is 2. The average Bonchev–Trinajstić information content (AvgIpc) is 3.27. The fraction of sp³-hybridized carbons (Fsp3) is 0.619. The molecule has 1 aromatic rings. The van der Waals surface area contributed by atoms with E-state index in [1.807, 2.05) is 15.9 Å². The van der Waals surface area contributed by atoms with Gasteiger partial charge in [-0.3, -0.25) is 4.79 Å². The molecule has 2 aliphatic heterocycles. The van der Waals surface area contributed by atoms with E-state index in [0.29, 0.717) is 38.0 Å². The summed E-state index contributed by atoms with van der Waals surface area (Å²) in [4.78, 5) is 29.2. The zero-order valence-electron chi connectivity index (χ0n) is 15.7.